The third-order valence-corrected chi connectivity index (χ3v) is 5.65. The van der Waals surface area contributed by atoms with Crippen molar-refractivity contribution in [3.63, 3.8) is 0 Å². The van der Waals surface area contributed by atoms with Crippen molar-refractivity contribution in [1.82, 2.24) is 0 Å². The third-order valence-electron chi connectivity index (χ3n) is 2.89. The molecule has 0 radical (unpaired) electrons. The molecule has 0 amide bonds. The van der Waals surface area contributed by atoms with E-state index in [0.29, 0.717) is 15.0 Å². The number of rotatable bonds is 4. The van der Waals surface area contributed by atoms with Crippen molar-refractivity contribution in [1.29, 1.82) is 0 Å². The van der Waals surface area contributed by atoms with Gasteiger partial charge in [-0.15, -0.1) is 0 Å². The van der Waals surface area contributed by atoms with E-state index < -0.39 is 0 Å². The summed E-state index contributed by atoms with van der Waals surface area (Å²) in [6.45, 7) is 0. The molecular formula is C18H13IN2Se. The van der Waals surface area contributed by atoms with Crippen molar-refractivity contribution in [3.8, 4) is 0 Å². The first-order valence-electron chi connectivity index (χ1n) is 6.80. The average molecular weight is 463 g/mol. The molecule has 108 valence electrons. The molecule has 3 aromatic rings. The van der Waals surface area contributed by atoms with Crippen LogP contribution in [0.25, 0.3) is 0 Å². The predicted molar refractivity (Wildman–Crippen MR) is 101 cm³/mol. The van der Waals surface area contributed by atoms with Crippen molar-refractivity contribution < 1.29 is 0 Å². The van der Waals surface area contributed by atoms with Gasteiger partial charge in [-0.25, -0.2) is 0 Å². The van der Waals surface area contributed by atoms with Gasteiger partial charge in [0, 0.05) is 0 Å². The van der Waals surface area contributed by atoms with E-state index in [0.717, 1.165) is 14.9 Å². The number of azo groups is 1. The van der Waals surface area contributed by atoms with Crippen LogP contribution in [-0.2, 0) is 0 Å². The maximum atomic E-state index is 4.35. The van der Waals surface area contributed by atoms with E-state index in [1.54, 1.807) is 0 Å². The Hall–Kier alpha value is -1.49. The zero-order valence-electron chi connectivity index (χ0n) is 11.7. The van der Waals surface area contributed by atoms with E-state index in [4.69, 9.17) is 0 Å². The second kappa shape index (κ2) is 7.68. The van der Waals surface area contributed by atoms with Gasteiger partial charge in [-0.1, -0.05) is 0 Å². The summed E-state index contributed by atoms with van der Waals surface area (Å²) < 4.78 is 3.83. The van der Waals surface area contributed by atoms with Gasteiger partial charge in [0.05, 0.1) is 0 Å². The molecule has 0 saturated carbocycles. The summed E-state index contributed by atoms with van der Waals surface area (Å²) >= 11 is 2.58. The zero-order chi connectivity index (χ0) is 15.2. The minimum absolute atomic E-state index is 0.301. The molecule has 0 unspecified atom stereocenters. The maximum absolute atomic E-state index is 4.35. The summed E-state index contributed by atoms with van der Waals surface area (Å²) in [5, 5.41) is 8.66. The van der Waals surface area contributed by atoms with Gasteiger partial charge in [-0.2, -0.15) is 0 Å². The van der Waals surface area contributed by atoms with Crippen molar-refractivity contribution >= 4 is 57.8 Å². The Morgan fingerprint density at radius 2 is 1.27 bits per heavy atom. The summed E-state index contributed by atoms with van der Waals surface area (Å²) in [4.78, 5) is 0. The van der Waals surface area contributed by atoms with Crippen LogP contribution in [0.3, 0.4) is 0 Å². The van der Waals surface area contributed by atoms with E-state index in [1.807, 2.05) is 42.5 Å². The number of hydrogen-bond acceptors (Lipinski definition) is 2. The van der Waals surface area contributed by atoms with Gasteiger partial charge in [0.15, 0.2) is 0 Å². The summed E-state index contributed by atoms with van der Waals surface area (Å²) in [5.41, 5.74) is 1.78. The second-order valence-electron chi connectivity index (χ2n) is 4.59. The monoisotopic (exact) mass is 464 g/mol. The summed E-state index contributed by atoms with van der Waals surface area (Å²) in [7, 11) is 0. The molecule has 0 spiro atoms. The molecule has 2 nitrogen and oxygen atoms in total. The van der Waals surface area contributed by atoms with Gasteiger partial charge >= 0.3 is 151 Å². The van der Waals surface area contributed by atoms with Gasteiger partial charge in [0.2, 0.25) is 0 Å². The fourth-order valence-corrected chi connectivity index (χ4v) is 4.29. The Labute approximate surface area is 150 Å². The van der Waals surface area contributed by atoms with Crippen molar-refractivity contribution in [2.45, 2.75) is 0 Å². The van der Waals surface area contributed by atoms with E-state index in [1.165, 1.54) is 8.92 Å². The van der Waals surface area contributed by atoms with Crippen LogP contribution in [0.5, 0.6) is 0 Å². The molecule has 3 rings (SSSR count). The van der Waals surface area contributed by atoms with Crippen LogP contribution in [0.15, 0.2) is 89.1 Å². The SMILES string of the molecule is Ic1cccc(N=Nc2cccc([Se]c3ccccc3)c2)c1. The second-order valence-corrected chi connectivity index (χ2v) is 8.24. The van der Waals surface area contributed by atoms with Gasteiger partial charge in [0.25, 0.3) is 0 Å². The molecule has 0 saturated heterocycles. The predicted octanol–water partition coefficient (Wildman–Crippen LogP) is 4.36. The van der Waals surface area contributed by atoms with E-state index in [2.05, 4.69) is 69.2 Å². The number of halogens is 1. The molecule has 0 aliphatic heterocycles. The van der Waals surface area contributed by atoms with Crippen LogP contribution in [-0.4, -0.2) is 15.0 Å². The molecule has 4 heteroatoms. The first-order valence-corrected chi connectivity index (χ1v) is 9.59. The van der Waals surface area contributed by atoms with Gasteiger partial charge in [0.1, 0.15) is 0 Å². The van der Waals surface area contributed by atoms with Crippen LogP contribution < -0.4 is 8.92 Å². The summed E-state index contributed by atoms with van der Waals surface area (Å²) in [6.07, 6.45) is 0. The first-order chi connectivity index (χ1) is 10.8. The molecule has 0 aromatic heterocycles. The third kappa shape index (κ3) is 4.50. The topological polar surface area (TPSA) is 24.7 Å². The molecule has 0 atom stereocenters. The normalized spacial score (nSPS) is 11.0. The quantitative estimate of drug-likeness (QED) is 0.312. The summed E-state index contributed by atoms with van der Waals surface area (Å²) in [6, 6.07) is 26.9. The molecule has 0 heterocycles. The Morgan fingerprint density at radius 1 is 0.636 bits per heavy atom. The van der Waals surface area contributed by atoms with Gasteiger partial charge in [-0.05, 0) is 0 Å². The van der Waals surface area contributed by atoms with Crippen LogP contribution in [0.2, 0.25) is 0 Å². The molecule has 0 bridgehead atoms. The van der Waals surface area contributed by atoms with Crippen LogP contribution in [0, 0.1) is 3.57 Å². The van der Waals surface area contributed by atoms with E-state index >= 15 is 0 Å². The van der Waals surface area contributed by atoms with Gasteiger partial charge in [-0.3, -0.25) is 0 Å². The van der Waals surface area contributed by atoms with Crippen LogP contribution >= 0.6 is 22.6 Å². The standard InChI is InChI=1S/C18H13IN2Se/c19-14-6-4-7-15(12-14)20-21-16-8-5-11-18(13-16)22-17-9-2-1-3-10-17/h1-13H. The minimum atomic E-state index is 0.301. The molecule has 0 N–H and O–H groups in total. The van der Waals surface area contributed by atoms with Crippen molar-refractivity contribution in [3.05, 3.63) is 82.4 Å². The van der Waals surface area contributed by atoms with Crippen molar-refractivity contribution in [2.24, 2.45) is 10.2 Å². The Balaban J connectivity index is 1.76. The fraction of sp³-hybridized carbons (Fsp3) is 0. The molecule has 0 aliphatic carbocycles. The van der Waals surface area contributed by atoms with Crippen LogP contribution in [0.4, 0.5) is 11.4 Å². The fourth-order valence-electron chi connectivity index (χ4n) is 1.89. The number of nitrogens with zero attached hydrogens (tertiary/aromatic N) is 2. The van der Waals surface area contributed by atoms with Crippen LogP contribution in [0.1, 0.15) is 0 Å². The molecule has 0 aliphatic rings. The average Bonchev–Trinajstić information content (AvgIpc) is 2.54. The number of benzene rings is 3. The Bertz CT molecular complexity index is 788. The van der Waals surface area contributed by atoms with E-state index in [-0.39, 0.29) is 0 Å². The van der Waals surface area contributed by atoms with E-state index in [9.17, 15) is 0 Å². The van der Waals surface area contributed by atoms with Gasteiger partial charge < -0.3 is 0 Å². The Kier molecular flexibility index (Phi) is 5.38. The summed E-state index contributed by atoms with van der Waals surface area (Å²) in [5.74, 6) is 0. The molecule has 0 fully saturated rings. The molecule has 22 heavy (non-hydrogen) atoms. The van der Waals surface area contributed by atoms with Crippen molar-refractivity contribution in [2.75, 3.05) is 0 Å². The first kappa shape index (κ1) is 15.4. The molecule has 3 aromatic carbocycles. The molecular weight excluding hydrogens is 450 g/mol. The zero-order valence-corrected chi connectivity index (χ0v) is 15.6. The Morgan fingerprint density at radius 3 is 2.00 bits per heavy atom. The number of hydrogen-bond donors (Lipinski definition) is 0.